The zero-order valence-electron chi connectivity index (χ0n) is 11.2. The molecule has 2 aliphatic rings. The highest BCUT2D eigenvalue weighted by Gasteiger charge is 2.38. The van der Waals surface area contributed by atoms with Gasteiger partial charge in [0.05, 0.1) is 5.75 Å². The Morgan fingerprint density at radius 3 is 2.68 bits per heavy atom. The van der Waals surface area contributed by atoms with Crippen LogP contribution in [0.2, 0.25) is 0 Å². The normalized spacial score (nSPS) is 24.6. The molecule has 108 valence electrons. The smallest absolute Gasteiger partial charge is 0.245 e. The largest absolute Gasteiger partial charge is 0.340 e. The zero-order chi connectivity index (χ0) is 14.0. The highest BCUT2D eigenvalue weighted by atomic mass is 32.2. The number of amides is 2. The number of hydrogen-bond donors (Lipinski definition) is 0. The van der Waals surface area contributed by atoms with Gasteiger partial charge in [-0.05, 0) is 19.3 Å². The van der Waals surface area contributed by atoms with Crippen molar-refractivity contribution in [1.29, 1.82) is 0 Å². The summed E-state index contributed by atoms with van der Waals surface area (Å²) in [6.45, 7) is 1.50. The number of hydrogen-bond acceptors (Lipinski definition) is 4. The summed E-state index contributed by atoms with van der Waals surface area (Å²) in [5.41, 5.74) is 0. The Morgan fingerprint density at radius 2 is 2.00 bits per heavy atom. The van der Waals surface area contributed by atoms with E-state index in [0.717, 1.165) is 12.8 Å². The fourth-order valence-corrected chi connectivity index (χ4v) is 3.41. The molecule has 7 heteroatoms. The lowest BCUT2D eigenvalue weighted by molar-refractivity contribution is -0.139. The van der Waals surface area contributed by atoms with Crippen molar-refractivity contribution >= 4 is 21.7 Å². The van der Waals surface area contributed by atoms with E-state index in [-0.39, 0.29) is 23.6 Å². The second-order valence-corrected chi connectivity index (χ2v) is 7.56. The van der Waals surface area contributed by atoms with Crippen LogP contribution in [0.15, 0.2) is 0 Å². The molecule has 19 heavy (non-hydrogen) atoms. The standard InChI is InChI=1S/C12H20N2O4S/c1-19(17,18)9-3-6-13-8-5-11(15)14-7-2-4-10(14)12(13)16/h10H,2-9H2,1H3. The maximum absolute atomic E-state index is 12.3. The maximum atomic E-state index is 12.3. The quantitative estimate of drug-likeness (QED) is 0.708. The average Bonchev–Trinajstić information content (AvgIpc) is 2.76. The zero-order valence-corrected chi connectivity index (χ0v) is 12.0. The van der Waals surface area contributed by atoms with Crippen molar-refractivity contribution in [3.63, 3.8) is 0 Å². The van der Waals surface area contributed by atoms with Gasteiger partial charge in [0.25, 0.3) is 0 Å². The molecule has 2 amide bonds. The number of rotatable bonds is 4. The third kappa shape index (κ3) is 3.46. The van der Waals surface area contributed by atoms with Crippen LogP contribution < -0.4 is 0 Å². The van der Waals surface area contributed by atoms with Crippen LogP contribution in [0.3, 0.4) is 0 Å². The van der Waals surface area contributed by atoms with E-state index in [2.05, 4.69) is 0 Å². The molecule has 1 atom stereocenters. The molecule has 2 fully saturated rings. The van der Waals surface area contributed by atoms with E-state index in [0.29, 0.717) is 32.5 Å². The van der Waals surface area contributed by atoms with Crippen LogP contribution >= 0.6 is 0 Å². The maximum Gasteiger partial charge on any atom is 0.245 e. The summed E-state index contributed by atoms with van der Waals surface area (Å²) >= 11 is 0. The minimum atomic E-state index is -3.00. The second kappa shape index (κ2) is 5.48. The summed E-state index contributed by atoms with van der Waals surface area (Å²) < 4.78 is 22.2. The lowest BCUT2D eigenvalue weighted by Crippen LogP contribution is -2.44. The first kappa shape index (κ1) is 14.3. The molecule has 0 radical (unpaired) electrons. The van der Waals surface area contributed by atoms with Crippen molar-refractivity contribution in [3.05, 3.63) is 0 Å². The van der Waals surface area contributed by atoms with E-state index in [1.807, 2.05) is 0 Å². The third-order valence-electron chi connectivity index (χ3n) is 3.71. The molecule has 0 spiro atoms. The number of fused-ring (bicyclic) bond motifs is 1. The molecule has 0 aromatic carbocycles. The van der Waals surface area contributed by atoms with E-state index in [1.165, 1.54) is 6.26 Å². The summed E-state index contributed by atoms with van der Waals surface area (Å²) in [6.07, 6.45) is 3.58. The molecule has 0 aromatic rings. The van der Waals surface area contributed by atoms with Crippen LogP contribution in [-0.4, -0.2) is 67.7 Å². The van der Waals surface area contributed by atoms with Crippen molar-refractivity contribution in [1.82, 2.24) is 9.80 Å². The van der Waals surface area contributed by atoms with E-state index in [4.69, 9.17) is 0 Å². The van der Waals surface area contributed by atoms with Crippen LogP contribution in [0.1, 0.15) is 25.7 Å². The first-order chi connectivity index (χ1) is 8.88. The summed E-state index contributed by atoms with van der Waals surface area (Å²) in [5.74, 6) is 0.109. The predicted molar refractivity (Wildman–Crippen MR) is 70.3 cm³/mol. The van der Waals surface area contributed by atoms with Crippen molar-refractivity contribution < 1.29 is 18.0 Å². The summed E-state index contributed by atoms with van der Waals surface area (Å²) in [4.78, 5) is 27.5. The fraction of sp³-hybridized carbons (Fsp3) is 0.833. The molecular weight excluding hydrogens is 268 g/mol. The minimum absolute atomic E-state index is 0.0168. The van der Waals surface area contributed by atoms with Gasteiger partial charge >= 0.3 is 0 Å². The molecule has 0 bridgehead atoms. The van der Waals surface area contributed by atoms with Crippen molar-refractivity contribution in [3.8, 4) is 0 Å². The van der Waals surface area contributed by atoms with Gasteiger partial charge in [-0.25, -0.2) is 8.42 Å². The SMILES string of the molecule is CS(=O)(=O)CCCN1CCC(=O)N2CCCC2C1=O. The van der Waals surface area contributed by atoms with Crippen LogP contribution in [0, 0.1) is 0 Å². The van der Waals surface area contributed by atoms with Crippen molar-refractivity contribution in [2.45, 2.75) is 31.7 Å². The highest BCUT2D eigenvalue weighted by Crippen LogP contribution is 2.23. The van der Waals surface area contributed by atoms with Gasteiger partial charge in [0.15, 0.2) is 0 Å². The second-order valence-electron chi connectivity index (χ2n) is 5.30. The topological polar surface area (TPSA) is 74.8 Å². The molecule has 2 aliphatic heterocycles. The fourth-order valence-electron chi connectivity index (χ4n) is 2.76. The lowest BCUT2D eigenvalue weighted by Gasteiger charge is -2.25. The van der Waals surface area contributed by atoms with E-state index >= 15 is 0 Å². The molecule has 0 saturated carbocycles. The van der Waals surface area contributed by atoms with E-state index in [1.54, 1.807) is 9.80 Å². The van der Waals surface area contributed by atoms with Crippen LogP contribution in [0.5, 0.6) is 0 Å². The Hall–Kier alpha value is -1.11. The van der Waals surface area contributed by atoms with Gasteiger partial charge in [-0.3, -0.25) is 9.59 Å². The average molecular weight is 288 g/mol. The van der Waals surface area contributed by atoms with Crippen molar-refractivity contribution in [2.75, 3.05) is 31.6 Å². The van der Waals surface area contributed by atoms with Gasteiger partial charge in [0, 0.05) is 32.3 Å². The Bertz CT molecular complexity index is 474. The van der Waals surface area contributed by atoms with E-state index < -0.39 is 9.84 Å². The van der Waals surface area contributed by atoms with Gasteiger partial charge in [-0.2, -0.15) is 0 Å². The van der Waals surface area contributed by atoms with Gasteiger partial charge in [0.2, 0.25) is 11.8 Å². The van der Waals surface area contributed by atoms with Gasteiger partial charge in [0.1, 0.15) is 15.9 Å². The minimum Gasteiger partial charge on any atom is -0.340 e. The lowest BCUT2D eigenvalue weighted by atomic mass is 10.2. The molecule has 2 rings (SSSR count). The third-order valence-corrected chi connectivity index (χ3v) is 4.74. The molecule has 1 unspecified atom stereocenters. The molecule has 2 saturated heterocycles. The van der Waals surface area contributed by atoms with Gasteiger partial charge in [-0.1, -0.05) is 0 Å². The highest BCUT2D eigenvalue weighted by molar-refractivity contribution is 7.90. The predicted octanol–water partition coefficient (Wildman–Crippen LogP) is -0.356. The number of carbonyl (C=O) groups is 2. The van der Waals surface area contributed by atoms with Crippen LogP contribution in [0.4, 0.5) is 0 Å². The van der Waals surface area contributed by atoms with Crippen LogP contribution in [0.25, 0.3) is 0 Å². The molecule has 0 N–H and O–H groups in total. The monoisotopic (exact) mass is 288 g/mol. The summed E-state index contributed by atoms with van der Waals surface area (Å²) in [6, 6.07) is -0.312. The molecular formula is C12H20N2O4S. The first-order valence-corrected chi connectivity index (χ1v) is 8.70. The summed E-state index contributed by atoms with van der Waals surface area (Å²) in [7, 11) is -3.00. The van der Waals surface area contributed by atoms with Crippen molar-refractivity contribution in [2.24, 2.45) is 0 Å². The summed E-state index contributed by atoms with van der Waals surface area (Å²) in [5, 5.41) is 0. The number of nitrogens with zero attached hydrogens (tertiary/aromatic N) is 2. The Labute approximate surface area is 113 Å². The van der Waals surface area contributed by atoms with Gasteiger partial charge < -0.3 is 9.80 Å². The molecule has 6 nitrogen and oxygen atoms in total. The molecule has 0 aromatic heterocycles. The van der Waals surface area contributed by atoms with Gasteiger partial charge in [-0.15, -0.1) is 0 Å². The Balaban J connectivity index is 1.97. The van der Waals surface area contributed by atoms with E-state index in [9.17, 15) is 18.0 Å². The number of sulfone groups is 1. The number of carbonyl (C=O) groups excluding carboxylic acids is 2. The molecule has 0 aliphatic carbocycles. The Morgan fingerprint density at radius 1 is 1.26 bits per heavy atom. The van der Waals surface area contributed by atoms with Crippen LogP contribution in [-0.2, 0) is 19.4 Å². The first-order valence-electron chi connectivity index (χ1n) is 6.64. The Kier molecular flexibility index (Phi) is 4.13. The molecule has 2 heterocycles.